The predicted molar refractivity (Wildman–Crippen MR) is 72.4 cm³/mol. The van der Waals surface area contributed by atoms with E-state index in [0.717, 1.165) is 5.92 Å². The Bertz CT molecular complexity index is 363. The standard InChI is InChI=1S/C13H23N3S/c1-13(2,3)12-11(17-16-15-12)10(14-4)8-9-6-5-7-9/h9-10,14H,5-8H2,1-4H3. The van der Waals surface area contributed by atoms with Crippen molar-refractivity contribution >= 4 is 11.5 Å². The second-order valence-corrected chi connectivity index (χ2v) is 6.90. The number of hydrogen-bond acceptors (Lipinski definition) is 4. The van der Waals surface area contributed by atoms with E-state index in [-0.39, 0.29) is 5.41 Å². The van der Waals surface area contributed by atoms with Gasteiger partial charge >= 0.3 is 0 Å². The monoisotopic (exact) mass is 253 g/mol. The summed E-state index contributed by atoms with van der Waals surface area (Å²) in [6, 6.07) is 0.439. The number of nitrogens with zero attached hydrogens (tertiary/aromatic N) is 2. The molecule has 0 amide bonds. The molecule has 0 radical (unpaired) electrons. The number of hydrogen-bond donors (Lipinski definition) is 1. The van der Waals surface area contributed by atoms with E-state index in [1.807, 2.05) is 0 Å². The topological polar surface area (TPSA) is 37.8 Å². The van der Waals surface area contributed by atoms with Gasteiger partial charge in [0, 0.05) is 11.5 Å². The fraction of sp³-hybridized carbons (Fsp3) is 0.846. The minimum absolute atomic E-state index is 0.0943. The molecule has 96 valence electrons. The molecular formula is C13H23N3S. The van der Waals surface area contributed by atoms with Crippen molar-refractivity contribution in [2.45, 2.75) is 57.9 Å². The summed E-state index contributed by atoms with van der Waals surface area (Å²) in [6.07, 6.45) is 5.45. The van der Waals surface area contributed by atoms with Crippen LogP contribution in [0.3, 0.4) is 0 Å². The van der Waals surface area contributed by atoms with Gasteiger partial charge < -0.3 is 5.32 Å². The molecule has 1 saturated carbocycles. The summed E-state index contributed by atoms with van der Waals surface area (Å²) < 4.78 is 4.16. The summed E-state index contributed by atoms with van der Waals surface area (Å²) in [7, 11) is 2.05. The predicted octanol–water partition coefficient (Wildman–Crippen LogP) is 3.29. The molecular weight excluding hydrogens is 230 g/mol. The molecule has 1 heterocycles. The Labute approximate surface area is 108 Å². The lowest BCUT2D eigenvalue weighted by molar-refractivity contribution is 0.266. The molecule has 1 aromatic heterocycles. The van der Waals surface area contributed by atoms with E-state index in [4.69, 9.17) is 0 Å². The second-order valence-electron chi connectivity index (χ2n) is 6.11. The molecule has 1 aromatic rings. The molecule has 1 atom stereocenters. The third-order valence-corrected chi connectivity index (χ3v) is 4.52. The highest BCUT2D eigenvalue weighted by Gasteiger charge is 2.29. The average Bonchev–Trinajstić information content (AvgIpc) is 2.64. The Morgan fingerprint density at radius 1 is 1.41 bits per heavy atom. The first-order valence-electron chi connectivity index (χ1n) is 6.52. The molecule has 0 aromatic carbocycles. The first-order valence-corrected chi connectivity index (χ1v) is 7.29. The van der Waals surface area contributed by atoms with Crippen molar-refractivity contribution in [3.8, 4) is 0 Å². The van der Waals surface area contributed by atoms with Crippen LogP contribution in [0, 0.1) is 5.92 Å². The summed E-state index contributed by atoms with van der Waals surface area (Å²) in [5.41, 5.74) is 1.26. The zero-order valence-corrected chi connectivity index (χ0v) is 12.1. The summed E-state index contributed by atoms with van der Waals surface area (Å²) in [5, 5.41) is 7.78. The molecule has 0 saturated heterocycles. The van der Waals surface area contributed by atoms with Crippen LogP contribution < -0.4 is 5.32 Å². The Morgan fingerprint density at radius 2 is 2.12 bits per heavy atom. The van der Waals surface area contributed by atoms with E-state index in [0.29, 0.717) is 6.04 Å². The fourth-order valence-corrected chi connectivity index (χ4v) is 3.35. The summed E-state index contributed by atoms with van der Waals surface area (Å²) in [5.74, 6) is 0.905. The Balaban J connectivity index is 2.15. The molecule has 1 unspecified atom stereocenters. The SMILES string of the molecule is CNC(CC1CCC1)c1snnc1C(C)(C)C. The van der Waals surface area contributed by atoms with Gasteiger partial charge in [-0.25, -0.2) is 0 Å². The average molecular weight is 253 g/mol. The van der Waals surface area contributed by atoms with Crippen molar-refractivity contribution < 1.29 is 0 Å². The van der Waals surface area contributed by atoms with Gasteiger partial charge in [0.1, 0.15) is 0 Å². The maximum atomic E-state index is 4.34. The molecule has 3 nitrogen and oxygen atoms in total. The molecule has 1 aliphatic carbocycles. The smallest absolute Gasteiger partial charge is 0.0857 e. The lowest BCUT2D eigenvalue weighted by Gasteiger charge is -2.30. The Hall–Kier alpha value is -0.480. The number of rotatable bonds is 4. The minimum atomic E-state index is 0.0943. The molecule has 1 N–H and O–H groups in total. The van der Waals surface area contributed by atoms with Crippen LogP contribution in [-0.4, -0.2) is 16.6 Å². The Morgan fingerprint density at radius 3 is 2.59 bits per heavy atom. The first-order chi connectivity index (χ1) is 8.02. The molecule has 0 spiro atoms. The molecule has 0 bridgehead atoms. The zero-order chi connectivity index (χ0) is 12.5. The number of nitrogens with one attached hydrogen (secondary N) is 1. The van der Waals surface area contributed by atoms with Gasteiger partial charge in [-0.15, -0.1) is 5.10 Å². The highest BCUT2D eigenvalue weighted by Crippen LogP contribution is 2.38. The van der Waals surface area contributed by atoms with Gasteiger partial charge in [0.25, 0.3) is 0 Å². The van der Waals surface area contributed by atoms with Crippen molar-refractivity contribution in [3.05, 3.63) is 10.6 Å². The van der Waals surface area contributed by atoms with E-state index in [2.05, 4.69) is 42.7 Å². The van der Waals surface area contributed by atoms with Crippen LogP contribution in [0.1, 0.15) is 63.1 Å². The third kappa shape index (κ3) is 2.86. The van der Waals surface area contributed by atoms with E-state index in [9.17, 15) is 0 Å². The number of aromatic nitrogens is 2. The van der Waals surface area contributed by atoms with Gasteiger partial charge in [0.05, 0.1) is 10.6 Å². The van der Waals surface area contributed by atoms with Crippen LogP contribution in [0.15, 0.2) is 0 Å². The van der Waals surface area contributed by atoms with Gasteiger partial charge in [-0.1, -0.05) is 44.5 Å². The molecule has 0 aliphatic heterocycles. The van der Waals surface area contributed by atoms with E-state index >= 15 is 0 Å². The van der Waals surface area contributed by atoms with Crippen molar-refractivity contribution in [2.24, 2.45) is 5.92 Å². The van der Waals surface area contributed by atoms with Crippen LogP contribution in [0.5, 0.6) is 0 Å². The molecule has 17 heavy (non-hydrogen) atoms. The lowest BCUT2D eigenvalue weighted by atomic mass is 9.79. The van der Waals surface area contributed by atoms with Crippen molar-refractivity contribution in [3.63, 3.8) is 0 Å². The van der Waals surface area contributed by atoms with Crippen LogP contribution in [0.4, 0.5) is 0 Å². The zero-order valence-electron chi connectivity index (χ0n) is 11.3. The lowest BCUT2D eigenvalue weighted by Crippen LogP contribution is -2.25. The second kappa shape index (κ2) is 5.02. The van der Waals surface area contributed by atoms with Crippen LogP contribution >= 0.6 is 11.5 Å². The molecule has 1 fully saturated rings. The van der Waals surface area contributed by atoms with Crippen molar-refractivity contribution in [2.75, 3.05) is 7.05 Å². The quantitative estimate of drug-likeness (QED) is 0.895. The highest BCUT2D eigenvalue weighted by atomic mass is 32.1. The maximum absolute atomic E-state index is 4.34. The van der Waals surface area contributed by atoms with Gasteiger partial charge in [-0.2, -0.15) is 0 Å². The van der Waals surface area contributed by atoms with Crippen LogP contribution in [0.25, 0.3) is 0 Å². The van der Waals surface area contributed by atoms with Crippen LogP contribution in [-0.2, 0) is 5.41 Å². The fourth-order valence-electron chi connectivity index (χ4n) is 2.36. The van der Waals surface area contributed by atoms with E-state index in [1.165, 1.54) is 36.3 Å². The van der Waals surface area contributed by atoms with E-state index < -0.39 is 0 Å². The van der Waals surface area contributed by atoms with Gasteiger partial charge in [0.15, 0.2) is 0 Å². The maximum Gasteiger partial charge on any atom is 0.0857 e. The first kappa shape index (κ1) is 13.0. The minimum Gasteiger partial charge on any atom is -0.312 e. The van der Waals surface area contributed by atoms with E-state index in [1.54, 1.807) is 11.5 Å². The molecule has 2 rings (SSSR count). The van der Waals surface area contributed by atoms with Gasteiger partial charge in [0.2, 0.25) is 0 Å². The summed E-state index contributed by atoms with van der Waals surface area (Å²) in [6.45, 7) is 6.63. The van der Waals surface area contributed by atoms with Gasteiger partial charge in [-0.05, 0) is 30.9 Å². The third-order valence-electron chi connectivity index (χ3n) is 3.68. The molecule has 1 aliphatic rings. The summed E-state index contributed by atoms with van der Waals surface area (Å²) >= 11 is 1.56. The molecule has 4 heteroatoms. The Kier molecular flexibility index (Phi) is 3.83. The van der Waals surface area contributed by atoms with Crippen LogP contribution in [0.2, 0.25) is 0 Å². The van der Waals surface area contributed by atoms with Crippen molar-refractivity contribution in [1.29, 1.82) is 0 Å². The largest absolute Gasteiger partial charge is 0.312 e. The normalized spacial score (nSPS) is 19.1. The summed E-state index contributed by atoms with van der Waals surface area (Å²) in [4.78, 5) is 1.34. The van der Waals surface area contributed by atoms with Crippen molar-refractivity contribution in [1.82, 2.24) is 14.9 Å². The highest BCUT2D eigenvalue weighted by molar-refractivity contribution is 7.05. The van der Waals surface area contributed by atoms with Gasteiger partial charge in [-0.3, -0.25) is 0 Å².